The molecule has 4 heteroatoms. The summed E-state index contributed by atoms with van der Waals surface area (Å²) in [5.74, 6) is -0.0621. The predicted octanol–water partition coefficient (Wildman–Crippen LogP) is 4.07. The normalized spacial score (nSPS) is 16.3. The Bertz CT molecular complexity index is 465. The standard InChI is InChI=1S/C14H15Cl2NO/c15-11-7-5-10(13(16)9-11)6-8-14(18)17-12-3-1-2-4-12/h5-9,12H,1-4H2,(H,17,18)/b8-6+. The molecular weight excluding hydrogens is 269 g/mol. The monoisotopic (exact) mass is 283 g/mol. The van der Waals surface area contributed by atoms with Crippen molar-refractivity contribution in [1.82, 2.24) is 5.32 Å². The first kappa shape index (κ1) is 13.4. The van der Waals surface area contributed by atoms with E-state index in [-0.39, 0.29) is 5.91 Å². The number of rotatable bonds is 3. The first-order chi connectivity index (χ1) is 8.65. The molecule has 0 radical (unpaired) electrons. The van der Waals surface area contributed by atoms with Crippen LogP contribution < -0.4 is 5.32 Å². The van der Waals surface area contributed by atoms with Gasteiger partial charge in [-0.25, -0.2) is 0 Å². The Morgan fingerprint density at radius 3 is 2.67 bits per heavy atom. The van der Waals surface area contributed by atoms with Crippen molar-refractivity contribution in [3.8, 4) is 0 Å². The van der Waals surface area contributed by atoms with Crippen LogP contribution in [0.15, 0.2) is 24.3 Å². The van der Waals surface area contributed by atoms with E-state index < -0.39 is 0 Å². The van der Waals surface area contributed by atoms with E-state index in [1.54, 1.807) is 24.3 Å². The van der Waals surface area contributed by atoms with Crippen molar-refractivity contribution in [2.45, 2.75) is 31.7 Å². The molecular formula is C14H15Cl2NO. The van der Waals surface area contributed by atoms with Crippen LogP contribution in [0.25, 0.3) is 6.08 Å². The zero-order valence-electron chi connectivity index (χ0n) is 9.96. The van der Waals surface area contributed by atoms with Gasteiger partial charge in [0.15, 0.2) is 0 Å². The van der Waals surface area contributed by atoms with E-state index in [4.69, 9.17) is 23.2 Å². The Labute approximate surface area is 117 Å². The van der Waals surface area contributed by atoms with Gasteiger partial charge in [-0.1, -0.05) is 42.1 Å². The lowest BCUT2D eigenvalue weighted by molar-refractivity contribution is -0.117. The third kappa shape index (κ3) is 3.76. The Morgan fingerprint density at radius 2 is 2.00 bits per heavy atom. The number of amides is 1. The van der Waals surface area contributed by atoms with Gasteiger partial charge in [0, 0.05) is 22.2 Å². The maximum atomic E-state index is 11.7. The number of nitrogens with one attached hydrogen (secondary N) is 1. The number of halogens is 2. The lowest BCUT2D eigenvalue weighted by atomic mass is 10.2. The summed E-state index contributed by atoms with van der Waals surface area (Å²) in [5, 5.41) is 4.12. The Hall–Kier alpha value is -0.990. The third-order valence-corrected chi connectivity index (χ3v) is 3.64. The molecule has 2 rings (SSSR count). The Kier molecular flexibility index (Phi) is 4.67. The molecule has 0 spiro atoms. The fourth-order valence-corrected chi connectivity index (χ4v) is 2.59. The molecule has 0 saturated heterocycles. The van der Waals surface area contributed by atoms with Gasteiger partial charge in [0.05, 0.1) is 0 Å². The smallest absolute Gasteiger partial charge is 0.244 e. The van der Waals surface area contributed by atoms with Crippen LogP contribution in [0.2, 0.25) is 10.0 Å². The molecule has 1 aromatic carbocycles. The minimum absolute atomic E-state index is 0.0621. The van der Waals surface area contributed by atoms with Crippen LogP contribution in [0, 0.1) is 0 Å². The molecule has 0 unspecified atom stereocenters. The van der Waals surface area contributed by atoms with Crippen LogP contribution in [0.3, 0.4) is 0 Å². The summed E-state index contributed by atoms with van der Waals surface area (Å²) < 4.78 is 0. The molecule has 1 amide bonds. The third-order valence-electron chi connectivity index (χ3n) is 3.08. The zero-order chi connectivity index (χ0) is 13.0. The quantitative estimate of drug-likeness (QED) is 0.833. The highest BCUT2D eigenvalue weighted by atomic mass is 35.5. The van der Waals surface area contributed by atoms with Crippen LogP contribution in [0.1, 0.15) is 31.2 Å². The van der Waals surface area contributed by atoms with E-state index in [2.05, 4.69) is 5.32 Å². The lowest BCUT2D eigenvalue weighted by Gasteiger charge is -2.09. The average molecular weight is 284 g/mol. The summed E-state index contributed by atoms with van der Waals surface area (Å²) in [5.41, 5.74) is 0.794. The van der Waals surface area contributed by atoms with E-state index in [0.717, 1.165) is 18.4 Å². The first-order valence-electron chi connectivity index (χ1n) is 6.09. The SMILES string of the molecule is O=C(/C=C/c1ccc(Cl)cc1Cl)NC1CCCC1. The lowest BCUT2D eigenvalue weighted by Crippen LogP contribution is -2.30. The molecule has 1 aliphatic carbocycles. The van der Waals surface area contributed by atoms with Gasteiger partial charge in [-0.05, 0) is 36.6 Å². The molecule has 2 nitrogen and oxygen atoms in total. The van der Waals surface area contributed by atoms with E-state index >= 15 is 0 Å². The molecule has 0 aliphatic heterocycles. The van der Waals surface area contributed by atoms with Gasteiger partial charge in [0.1, 0.15) is 0 Å². The van der Waals surface area contributed by atoms with E-state index in [1.807, 2.05) is 0 Å². The molecule has 1 saturated carbocycles. The summed E-state index contributed by atoms with van der Waals surface area (Å²) >= 11 is 11.8. The highest BCUT2D eigenvalue weighted by Gasteiger charge is 2.15. The Balaban J connectivity index is 1.94. The minimum Gasteiger partial charge on any atom is -0.350 e. The Morgan fingerprint density at radius 1 is 1.28 bits per heavy atom. The molecule has 0 aromatic heterocycles. The van der Waals surface area contributed by atoms with Crippen molar-refractivity contribution in [3.63, 3.8) is 0 Å². The average Bonchev–Trinajstić information content (AvgIpc) is 2.80. The maximum Gasteiger partial charge on any atom is 0.244 e. The first-order valence-corrected chi connectivity index (χ1v) is 6.84. The largest absolute Gasteiger partial charge is 0.350 e. The van der Waals surface area contributed by atoms with Gasteiger partial charge in [0.2, 0.25) is 5.91 Å². The van der Waals surface area contributed by atoms with E-state index in [9.17, 15) is 4.79 Å². The molecule has 0 bridgehead atoms. The number of carbonyl (C=O) groups is 1. The second-order valence-electron chi connectivity index (χ2n) is 4.49. The molecule has 96 valence electrons. The number of benzene rings is 1. The van der Waals surface area contributed by atoms with Crippen LogP contribution in [0.5, 0.6) is 0 Å². The van der Waals surface area contributed by atoms with Gasteiger partial charge in [-0.3, -0.25) is 4.79 Å². The summed E-state index contributed by atoms with van der Waals surface area (Å²) in [6.45, 7) is 0. The number of hydrogen-bond acceptors (Lipinski definition) is 1. The van der Waals surface area contributed by atoms with Crippen molar-refractivity contribution < 1.29 is 4.79 Å². The minimum atomic E-state index is -0.0621. The number of hydrogen-bond donors (Lipinski definition) is 1. The van der Waals surface area contributed by atoms with Crippen LogP contribution in [-0.4, -0.2) is 11.9 Å². The predicted molar refractivity (Wildman–Crippen MR) is 75.9 cm³/mol. The van der Waals surface area contributed by atoms with Gasteiger partial charge >= 0.3 is 0 Å². The highest BCUT2D eigenvalue weighted by molar-refractivity contribution is 6.35. The second kappa shape index (κ2) is 6.26. The summed E-state index contributed by atoms with van der Waals surface area (Å²) in [7, 11) is 0. The van der Waals surface area contributed by atoms with Crippen molar-refractivity contribution >= 4 is 35.2 Å². The van der Waals surface area contributed by atoms with E-state index in [1.165, 1.54) is 18.9 Å². The second-order valence-corrected chi connectivity index (χ2v) is 5.33. The molecule has 1 N–H and O–H groups in total. The summed E-state index contributed by atoms with van der Waals surface area (Å²) in [6.07, 6.45) is 7.81. The zero-order valence-corrected chi connectivity index (χ0v) is 11.5. The van der Waals surface area contributed by atoms with Gasteiger partial charge < -0.3 is 5.32 Å². The van der Waals surface area contributed by atoms with Gasteiger partial charge in [0.25, 0.3) is 0 Å². The van der Waals surface area contributed by atoms with Crippen molar-refractivity contribution in [1.29, 1.82) is 0 Å². The van der Waals surface area contributed by atoms with Crippen molar-refractivity contribution in [3.05, 3.63) is 39.9 Å². The number of carbonyl (C=O) groups excluding carboxylic acids is 1. The van der Waals surface area contributed by atoms with Gasteiger partial charge in [-0.2, -0.15) is 0 Å². The molecule has 0 heterocycles. The fraction of sp³-hybridized carbons (Fsp3) is 0.357. The molecule has 18 heavy (non-hydrogen) atoms. The van der Waals surface area contributed by atoms with Crippen molar-refractivity contribution in [2.75, 3.05) is 0 Å². The maximum absolute atomic E-state index is 11.7. The highest BCUT2D eigenvalue weighted by Crippen LogP contribution is 2.22. The molecule has 1 aliphatic rings. The van der Waals surface area contributed by atoms with E-state index in [0.29, 0.717) is 16.1 Å². The van der Waals surface area contributed by atoms with Crippen molar-refractivity contribution in [2.24, 2.45) is 0 Å². The summed E-state index contributed by atoms with van der Waals surface area (Å²) in [6, 6.07) is 5.55. The van der Waals surface area contributed by atoms with Crippen LogP contribution in [0.4, 0.5) is 0 Å². The molecule has 1 fully saturated rings. The van der Waals surface area contributed by atoms with Crippen LogP contribution >= 0.6 is 23.2 Å². The fourth-order valence-electron chi connectivity index (χ4n) is 2.12. The summed E-state index contributed by atoms with van der Waals surface area (Å²) in [4.78, 5) is 11.7. The molecule has 0 atom stereocenters. The van der Waals surface area contributed by atoms with Gasteiger partial charge in [-0.15, -0.1) is 0 Å². The topological polar surface area (TPSA) is 29.1 Å². The molecule has 1 aromatic rings. The van der Waals surface area contributed by atoms with Crippen LogP contribution in [-0.2, 0) is 4.79 Å².